The molecule has 0 bridgehead atoms. The molecule has 0 aromatic heterocycles. The molecular formula is C31H37Cl2N3O4S. The van der Waals surface area contributed by atoms with Crippen molar-refractivity contribution in [1.82, 2.24) is 10.2 Å². The molecule has 7 nitrogen and oxygen atoms in total. The molecule has 3 rings (SSSR count). The Bertz CT molecular complexity index is 1410. The van der Waals surface area contributed by atoms with Crippen LogP contribution in [-0.2, 0) is 32.6 Å². The Morgan fingerprint density at radius 1 is 0.902 bits per heavy atom. The van der Waals surface area contributed by atoms with Crippen molar-refractivity contribution in [2.24, 2.45) is 0 Å². The summed E-state index contributed by atoms with van der Waals surface area (Å²) in [6.07, 6.45) is 1.69. The maximum Gasteiger partial charge on any atom is 0.243 e. The van der Waals surface area contributed by atoms with Crippen LogP contribution in [0.15, 0.2) is 72.8 Å². The van der Waals surface area contributed by atoms with Crippen molar-refractivity contribution in [2.75, 3.05) is 17.1 Å². The van der Waals surface area contributed by atoms with Crippen molar-refractivity contribution >= 4 is 50.7 Å². The van der Waals surface area contributed by atoms with Gasteiger partial charge in [-0.3, -0.25) is 13.9 Å². The monoisotopic (exact) mass is 617 g/mol. The van der Waals surface area contributed by atoms with Gasteiger partial charge in [-0.2, -0.15) is 0 Å². The van der Waals surface area contributed by atoms with E-state index in [4.69, 9.17) is 23.2 Å². The van der Waals surface area contributed by atoms with Crippen LogP contribution in [0.25, 0.3) is 0 Å². The van der Waals surface area contributed by atoms with Crippen molar-refractivity contribution < 1.29 is 18.0 Å². The molecule has 2 amide bonds. The first-order valence-electron chi connectivity index (χ1n) is 13.5. The summed E-state index contributed by atoms with van der Waals surface area (Å²) >= 11 is 13.0. The van der Waals surface area contributed by atoms with Gasteiger partial charge in [0, 0.05) is 47.6 Å². The number of nitrogens with one attached hydrogen (secondary N) is 1. The van der Waals surface area contributed by atoms with E-state index in [0.29, 0.717) is 21.3 Å². The fraction of sp³-hybridized carbons (Fsp3) is 0.355. The van der Waals surface area contributed by atoms with Gasteiger partial charge in [0.05, 0.1) is 11.9 Å². The smallest absolute Gasteiger partial charge is 0.243 e. The van der Waals surface area contributed by atoms with Crippen LogP contribution in [0.5, 0.6) is 0 Å². The molecule has 0 aliphatic rings. The molecule has 0 saturated carbocycles. The second-order valence-corrected chi connectivity index (χ2v) is 13.1. The molecule has 1 atom stereocenters. The maximum atomic E-state index is 13.9. The molecule has 0 aliphatic heterocycles. The van der Waals surface area contributed by atoms with E-state index in [9.17, 15) is 18.0 Å². The maximum absolute atomic E-state index is 13.9. The SMILES string of the molecule is Cc1ccc(N(CCCC(=O)N(Cc2c(Cl)cccc2Cl)C(Cc2ccccc2)C(=O)NC(C)C)S(C)(=O)=O)cc1. The van der Waals surface area contributed by atoms with Crippen molar-refractivity contribution in [3.8, 4) is 0 Å². The Hall–Kier alpha value is -3.07. The van der Waals surface area contributed by atoms with Gasteiger partial charge in [0.1, 0.15) is 6.04 Å². The number of amides is 2. The molecule has 0 aliphatic carbocycles. The van der Waals surface area contributed by atoms with E-state index in [2.05, 4.69) is 5.32 Å². The lowest BCUT2D eigenvalue weighted by Gasteiger charge is -2.33. The van der Waals surface area contributed by atoms with Crippen LogP contribution in [-0.4, -0.2) is 50.0 Å². The van der Waals surface area contributed by atoms with Crippen LogP contribution in [0.3, 0.4) is 0 Å². The third kappa shape index (κ3) is 9.48. The number of rotatable bonds is 13. The molecule has 0 saturated heterocycles. The fourth-order valence-corrected chi connectivity index (χ4v) is 5.99. The van der Waals surface area contributed by atoms with Crippen LogP contribution in [0.2, 0.25) is 10.0 Å². The highest BCUT2D eigenvalue weighted by molar-refractivity contribution is 7.92. The molecule has 0 heterocycles. The average Bonchev–Trinajstić information content (AvgIpc) is 2.90. The van der Waals surface area contributed by atoms with Crippen LogP contribution < -0.4 is 9.62 Å². The molecule has 0 fully saturated rings. The van der Waals surface area contributed by atoms with E-state index >= 15 is 0 Å². The first-order chi connectivity index (χ1) is 19.4. The van der Waals surface area contributed by atoms with Gasteiger partial charge in [-0.15, -0.1) is 0 Å². The predicted octanol–water partition coefficient (Wildman–Crippen LogP) is 6.01. The van der Waals surface area contributed by atoms with E-state index in [1.807, 2.05) is 63.2 Å². The number of carbonyl (C=O) groups is 2. The Balaban J connectivity index is 1.92. The van der Waals surface area contributed by atoms with Crippen LogP contribution in [0.1, 0.15) is 43.4 Å². The Morgan fingerprint density at radius 3 is 2.07 bits per heavy atom. The number of hydrogen-bond donors (Lipinski definition) is 1. The largest absolute Gasteiger partial charge is 0.352 e. The summed E-state index contributed by atoms with van der Waals surface area (Å²) in [6.45, 7) is 5.77. The first kappa shape index (κ1) is 32.4. The second kappa shape index (κ2) is 14.7. The number of anilines is 1. The fourth-order valence-electron chi connectivity index (χ4n) is 4.50. The Labute approximate surface area is 253 Å². The van der Waals surface area contributed by atoms with Gasteiger partial charge in [-0.25, -0.2) is 8.42 Å². The lowest BCUT2D eigenvalue weighted by atomic mass is 10.0. The highest BCUT2D eigenvalue weighted by Gasteiger charge is 2.31. The lowest BCUT2D eigenvalue weighted by Crippen LogP contribution is -2.52. The Morgan fingerprint density at radius 2 is 1.51 bits per heavy atom. The minimum absolute atomic E-state index is 0.0141. The molecule has 1 N–H and O–H groups in total. The summed E-state index contributed by atoms with van der Waals surface area (Å²) in [5.41, 5.74) is 2.97. The Kier molecular flexibility index (Phi) is 11.6. The minimum atomic E-state index is -3.58. The lowest BCUT2D eigenvalue weighted by molar-refractivity contribution is -0.141. The number of sulfonamides is 1. The summed E-state index contributed by atoms with van der Waals surface area (Å²) in [6, 6.07) is 20.8. The molecule has 0 spiro atoms. The predicted molar refractivity (Wildman–Crippen MR) is 167 cm³/mol. The number of hydrogen-bond acceptors (Lipinski definition) is 4. The molecule has 10 heteroatoms. The highest BCUT2D eigenvalue weighted by atomic mass is 35.5. The zero-order valence-corrected chi connectivity index (χ0v) is 26.1. The standard InChI is InChI=1S/C31H37Cl2N3O4S/c1-22(2)34-31(38)29(20-24-10-6-5-7-11-24)35(21-26-27(32)12-8-13-28(26)33)30(37)14-9-19-36(41(4,39)40)25-17-15-23(3)16-18-25/h5-8,10-13,15-18,22,29H,9,14,19-21H2,1-4H3,(H,34,38). The quantitative estimate of drug-likeness (QED) is 0.254. The van der Waals surface area contributed by atoms with Crippen LogP contribution >= 0.6 is 23.2 Å². The summed E-state index contributed by atoms with van der Waals surface area (Å²) in [4.78, 5) is 28.9. The third-order valence-corrected chi connectivity index (χ3v) is 8.47. The summed E-state index contributed by atoms with van der Waals surface area (Å²) in [7, 11) is -3.58. The van der Waals surface area contributed by atoms with E-state index in [1.54, 1.807) is 30.3 Å². The zero-order chi connectivity index (χ0) is 30.2. The molecule has 3 aromatic carbocycles. The summed E-state index contributed by atoms with van der Waals surface area (Å²) < 4.78 is 26.5. The topological polar surface area (TPSA) is 86.8 Å². The zero-order valence-electron chi connectivity index (χ0n) is 23.8. The van der Waals surface area contributed by atoms with Crippen molar-refractivity contribution in [3.05, 3.63) is 99.5 Å². The van der Waals surface area contributed by atoms with Crippen LogP contribution in [0.4, 0.5) is 5.69 Å². The van der Waals surface area contributed by atoms with Gasteiger partial charge in [0.25, 0.3) is 0 Å². The van der Waals surface area contributed by atoms with Crippen molar-refractivity contribution in [3.63, 3.8) is 0 Å². The van der Waals surface area contributed by atoms with Crippen LogP contribution in [0, 0.1) is 6.92 Å². The molecule has 1 unspecified atom stereocenters. The molecule has 220 valence electrons. The van der Waals surface area contributed by atoms with Crippen molar-refractivity contribution in [2.45, 2.75) is 58.7 Å². The van der Waals surface area contributed by atoms with Gasteiger partial charge in [0.15, 0.2) is 0 Å². The van der Waals surface area contributed by atoms with Gasteiger partial charge in [-0.1, -0.05) is 77.3 Å². The number of nitrogens with zero attached hydrogens (tertiary/aromatic N) is 2. The van der Waals surface area contributed by atoms with Gasteiger partial charge < -0.3 is 10.2 Å². The van der Waals surface area contributed by atoms with Crippen molar-refractivity contribution in [1.29, 1.82) is 0 Å². The average molecular weight is 619 g/mol. The normalized spacial score (nSPS) is 12.2. The van der Waals surface area contributed by atoms with E-state index in [1.165, 1.54) is 9.21 Å². The first-order valence-corrected chi connectivity index (χ1v) is 16.1. The number of benzene rings is 3. The van der Waals surface area contributed by atoms with E-state index in [0.717, 1.165) is 17.4 Å². The number of aryl methyl sites for hydroxylation is 1. The van der Waals surface area contributed by atoms with E-state index < -0.39 is 16.1 Å². The molecule has 41 heavy (non-hydrogen) atoms. The molecular weight excluding hydrogens is 581 g/mol. The highest BCUT2D eigenvalue weighted by Crippen LogP contribution is 2.28. The second-order valence-electron chi connectivity index (χ2n) is 10.4. The number of halogens is 2. The number of carbonyl (C=O) groups excluding carboxylic acids is 2. The third-order valence-electron chi connectivity index (χ3n) is 6.57. The van der Waals surface area contributed by atoms with Gasteiger partial charge >= 0.3 is 0 Å². The molecule has 0 radical (unpaired) electrons. The molecule has 3 aromatic rings. The summed E-state index contributed by atoms with van der Waals surface area (Å²) in [5, 5.41) is 3.73. The van der Waals surface area contributed by atoms with Gasteiger partial charge in [0.2, 0.25) is 21.8 Å². The minimum Gasteiger partial charge on any atom is -0.352 e. The summed E-state index contributed by atoms with van der Waals surface area (Å²) in [5.74, 6) is -0.601. The van der Waals surface area contributed by atoms with Gasteiger partial charge in [-0.05, 0) is 57.0 Å². The van der Waals surface area contributed by atoms with E-state index in [-0.39, 0.29) is 50.2 Å².